The predicted molar refractivity (Wildman–Crippen MR) is 70.5 cm³/mol. The smallest absolute Gasteiger partial charge is 0.236 e. The van der Waals surface area contributed by atoms with Crippen LogP contribution in [-0.2, 0) is 4.79 Å². The van der Waals surface area contributed by atoms with Gasteiger partial charge in [0.2, 0.25) is 5.91 Å². The van der Waals surface area contributed by atoms with E-state index in [1.165, 1.54) is 0 Å². The number of rotatable bonds is 4. The Kier molecular flexibility index (Phi) is 4.95. The zero-order chi connectivity index (χ0) is 13.8. The number of nitrogens with two attached hydrogens (primary N) is 1. The summed E-state index contributed by atoms with van der Waals surface area (Å²) in [5.74, 6) is -0.0519. The minimum Gasteiger partial charge on any atom is -0.409 e. The summed E-state index contributed by atoms with van der Waals surface area (Å²) in [6, 6.07) is 0. The number of carbonyl (C=O) groups excluding carboxylic acids is 1. The highest BCUT2D eigenvalue weighted by atomic mass is 16.4. The van der Waals surface area contributed by atoms with E-state index >= 15 is 0 Å². The molecule has 0 aromatic heterocycles. The minimum absolute atomic E-state index is 0.00655. The molecule has 1 amide bonds. The van der Waals surface area contributed by atoms with E-state index in [1.807, 2.05) is 11.8 Å². The van der Waals surface area contributed by atoms with Crippen LogP contribution in [0.2, 0.25) is 0 Å². The summed E-state index contributed by atoms with van der Waals surface area (Å²) in [5, 5.41) is 11.8. The summed E-state index contributed by atoms with van der Waals surface area (Å²) in [5.41, 5.74) is 4.77. The summed E-state index contributed by atoms with van der Waals surface area (Å²) >= 11 is 0. The number of hydrogen-bond acceptors (Lipinski definition) is 4. The van der Waals surface area contributed by atoms with Crippen LogP contribution in [0.5, 0.6) is 0 Å². The fraction of sp³-hybridized carbons (Fsp3) is 0.833. The van der Waals surface area contributed by atoms with Gasteiger partial charge in [-0.1, -0.05) is 19.0 Å². The van der Waals surface area contributed by atoms with Crippen molar-refractivity contribution in [3.63, 3.8) is 0 Å². The van der Waals surface area contributed by atoms with Crippen molar-refractivity contribution in [3.05, 3.63) is 0 Å². The minimum atomic E-state index is -0.900. The molecule has 0 radical (unpaired) electrons. The van der Waals surface area contributed by atoms with Gasteiger partial charge in [0.05, 0.1) is 0 Å². The molecule has 1 atom stereocenters. The predicted octanol–water partition coefficient (Wildman–Crippen LogP) is 0.313. The molecule has 1 aliphatic heterocycles. The van der Waals surface area contributed by atoms with Gasteiger partial charge in [-0.25, -0.2) is 0 Å². The number of amidine groups is 1. The van der Waals surface area contributed by atoms with Crippen molar-refractivity contribution < 1.29 is 10.0 Å². The lowest BCUT2D eigenvalue weighted by atomic mass is 9.84. The second kappa shape index (κ2) is 6.04. The van der Waals surface area contributed by atoms with Crippen LogP contribution in [0.3, 0.4) is 0 Å². The standard InChI is InChI=1S/C12H24N4O2/c1-4-12(3,10(13)14-18)11(17)16-8-6-15(5-2)7-9-16/h18H,4-9H2,1-3H3,(H2,13,14). The van der Waals surface area contributed by atoms with Gasteiger partial charge >= 0.3 is 0 Å². The second-order valence-electron chi connectivity index (χ2n) is 4.90. The van der Waals surface area contributed by atoms with Crippen molar-refractivity contribution in [2.45, 2.75) is 27.2 Å². The van der Waals surface area contributed by atoms with E-state index in [2.05, 4.69) is 17.0 Å². The zero-order valence-electron chi connectivity index (χ0n) is 11.5. The molecule has 18 heavy (non-hydrogen) atoms. The maximum Gasteiger partial charge on any atom is 0.236 e. The lowest BCUT2D eigenvalue weighted by molar-refractivity contribution is -0.139. The third-order valence-corrected chi connectivity index (χ3v) is 3.96. The number of hydrogen-bond donors (Lipinski definition) is 2. The van der Waals surface area contributed by atoms with Crippen LogP contribution in [0.15, 0.2) is 5.16 Å². The number of piperazine rings is 1. The van der Waals surface area contributed by atoms with Gasteiger partial charge in [0.1, 0.15) is 5.41 Å². The molecule has 1 unspecified atom stereocenters. The van der Waals surface area contributed by atoms with E-state index < -0.39 is 5.41 Å². The van der Waals surface area contributed by atoms with Crippen LogP contribution in [0.4, 0.5) is 0 Å². The van der Waals surface area contributed by atoms with Crippen LogP contribution < -0.4 is 5.73 Å². The normalized spacial score (nSPS) is 21.7. The molecule has 1 saturated heterocycles. The molecule has 0 bridgehead atoms. The molecule has 1 rings (SSSR count). The Morgan fingerprint density at radius 3 is 2.28 bits per heavy atom. The lowest BCUT2D eigenvalue weighted by Gasteiger charge is -2.38. The van der Waals surface area contributed by atoms with Gasteiger partial charge in [0.15, 0.2) is 5.84 Å². The topological polar surface area (TPSA) is 82.2 Å². The molecule has 1 aliphatic rings. The Hall–Kier alpha value is -1.30. The van der Waals surface area contributed by atoms with Crippen molar-refractivity contribution in [1.29, 1.82) is 0 Å². The van der Waals surface area contributed by atoms with Crippen LogP contribution >= 0.6 is 0 Å². The molecule has 0 saturated carbocycles. The van der Waals surface area contributed by atoms with Crippen molar-refractivity contribution in [2.75, 3.05) is 32.7 Å². The summed E-state index contributed by atoms with van der Waals surface area (Å²) in [6.45, 7) is 9.92. The van der Waals surface area contributed by atoms with Crippen molar-refractivity contribution in [2.24, 2.45) is 16.3 Å². The summed E-state index contributed by atoms with van der Waals surface area (Å²) in [6.07, 6.45) is 0.524. The molecule has 104 valence electrons. The fourth-order valence-corrected chi connectivity index (χ4v) is 2.17. The van der Waals surface area contributed by atoms with E-state index in [9.17, 15) is 4.79 Å². The highest BCUT2D eigenvalue weighted by molar-refractivity contribution is 6.06. The monoisotopic (exact) mass is 256 g/mol. The Morgan fingerprint density at radius 2 is 1.89 bits per heavy atom. The molecule has 0 aromatic carbocycles. The third kappa shape index (κ3) is 2.75. The number of oxime groups is 1. The average Bonchev–Trinajstić information content (AvgIpc) is 2.44. The number of nitrogens with zero attached hydrogens (tertiary/aromatic N) is 3. The number of amides is 1. The summed E-state index contributed by atoms with van der Waals surface area (Å²) in [7, 11) is 0. The van der Waals surface area contributed by atoms with Gasteiger partial charge in [-0.15, -0.1) is 0 Å². The van der Waals surface area contributed by atoms with Crippen molar-refractivity contribution in [1.82, 2.24) is 9.80 Å². The quantitative estimate of drug-likeness (QED) is 0.328. The van der Waals surface area contributed by atoms with E-state index in [0.717, 1.165) is 19.6 Å². The fourth-order valence-electron chi connectivity index (χ4n) is 2.17. The molecule has 0 spiro atoms. The first-order chi connectivity index (χ1) is 8.49. The largest absolute Gasteiger partial charge is 0.409 e. The van der Waals surface area contributed by atoms with Gasteiger partial charge in [-0.3, -0.25) is 4.79 Å². The van der Waals surface area contributed by atoms with Crippen LogP contribution in [0.25, 0.3) is 0 Å². The molecule has 1 fully saturated rings. The van der Waals surface area contributed by atoms with Crippen LogP contribution in [0, 0.1) is 5.41 Å². The second-order valence-corrected chi connectivity index (χ2v) is 4.90. The molecular formula is C12H24N4O2. The molecule has 0 aliphatic carbocycles. The Morgan fingerprint density at radius 1 is 1.33 bits per heavy atom. The first kappa shape index (κ1) is 14.8. The Bertz CT molecular complexity index is 324. The van der Waals surface area contributed by atoms with Crippen LogP contribution in [-0.4, -0.2) is 59.5 Å². The van der Waals surface area contributed by atoms with E-state index in [0.29, 0.717) is 19.5 Å². The molecule has 3 N–H and O–H groups in total. The maximum absolute atomic E-state index is 12.5. The molecule has 1 heterocycles. The van der Waals surface area contributed by atoms with Gasteiger partial charge in [-0.2, -0.15) is 0 Å². The van der Waals surface area contributed by atoms with Crippen molar-refractivity contribution in [3.8, 4) is 0 Å². The number of carbonyl (C=O) groups is 1. The molecule has 6 heteroatoms. The van der Waals surface area contributed by atoms with Gasteiger partial charge in [0.25, 0.3) is 0 Å². The van der Waals surface area contributed by atoms with Crippen LogP contribution in [0.1, 0.15) is 27.2 Å². The first-order valence-corrected chi connectivity index (χ1v) is 6.49. The van der Waals surface area contributed by atoms with E-state index in [1.54, 1.807) is 6.92 Å². The lowest BCUT2D eigenvalue weighted by Crippen LogP contribution is -2.55. The zero-order valence-corrected chi connectivity index (χ0v) is 11.5. The van der Waals surface area contributed by atoms with E-state index in [4.69, 9.17) is 10.9 Å². The molecule has 0 aromatic rings. The Labute approximate surface area is 108 Å². The van der Waals surface area contributed by atoms with E-state index in [-0.39, 0.29) is 11.7 Å². The number of likely N-dealkylation sites (N-methyl/N-ethyl adjacent to an activating group) is 1. The molecule has 6 nitrogen and oxygen atoms in total. The maximum atomic E-state index is 12.5. The highest BCUT2D eigenvalue weighted by Gasteiger charge is 2.40. The average molecular weight is 256 g/mol. The van der Waals surface area contributed by atoms with Gasteiger partial charge < -0.3 is 20.7 Å². The van der Waals surface area contributed by atoms with Crippen molar-refractivity contribution >= 4 is 11.7 Å². The summed E-state index contributed by atoms with van der Waals surface area (Å²) in [4.78, 5) is 16.6. The Balaban J connectivity index is 2.75. The SMILES string of the molecule is CCN1CCN(C(=O)C(C)(CC)C(N)=NO)CC1. The van der Waals surface area contributed by atoms with Gasteiger partial charge in [0, 0.05) is 26.2 Å². The summed E-state index contributed by atoms with van der Waals surface area (Å²) < 4.78 is 0. The van der Waals surface area contributed by atoms with Gasteiger partial charge in [-0.05, 0) is 19.9 Å². The third-order valence-electron chi connectivity index (χ3n) is 3.96. The first-order valence-electron chi connectivity index (χ1n) is 6.49. The molecular weight excluding hydrogens is 232 g/mol. The highest BCUT2D eigenvalue weighted by Crippen LogP contribution is 2.25.